The van der Waals surface area contributed by atoms with Crippen LogP contribution >= 0.6 is 11.6 Å². The molecule has 1 aliphatic rings. The lowest BCUT2D eigenvalue weighted by molar-refractivity contribution is -0.141. The summed E-state index contributed by atoms with van der Waals surface area (Å²) in [5.74, 6) is -1.19. The molecule has 0 saturated heterocycles. The number of hydrogen-bond donors (Lipinski definition) is 0. The van der Waals surface area contributed by atoms with E-state index in [2.05, 4.69) is 4.98 Å². The largest absolute Gasteiger partial charge is 0.455 e. The van der Waals surface area contributed by atoms with E-state index < -0.39 is 17.5 Å². The summed E-state index contributed by atoms with van der Waals surface area (Å²) in [7, 11) is 0. The Bertz CT molecular complexity index is 1170. The van der Waals surface area contributed by atoms with Crippen molar-refractivity contribution in [2.75, 3.05) is 0 Å². The number of cyclic esters (lactones) is 1. The summed E-state index contributed by atoms with van der Waals surface area (Å²) in [6, 6.07) is 4.75. The highest BCUT2D eigenvalue weighted by atomic mass is 35.5. The molecule has 2 aromatic heterocycles. The Kier molecular flexibility index (Phi) is 3.30. The second-order valence-electron chi connectivity index (χ2n) is 5.69. The van der Waals surface area contributed by atoms with E-state index in [1.807, 2.05) is 0 Å². The topological polar surface area (TPSA) is 87.5 Å². The van der Waals surface area contributed by atoms with Crippen molar-refractivity contribution in [3.8, 4) is 0 Å². The van der Waals surface area contributed by atoms with Gasteiger partial charge in [0, 0.05) is 22.7 Å². The number of aromatic nitrogens is 2. The van der Waals surface area contributed by atoms with E-state index in [9.17, 15) is 14.4 Å². The van der Waals surface area contributed by atoms with Crippen LogP contribution in [0, 0.1) is 6.92 Å². The highest BCUT2D eigenvalue weighted by Crippen LogP contribution is 2.33. The second kappa shape index (κ2) is 5.29. The average molecular weight is 359 g/mol. The Balaban J connectivity index is 2.32. The van der Waals surface area contributed by atoms with Crippen molar-refractivity contribution in [2.24, 2.45) is 0 Å². The Labute approximate surface area is 145 Å². The molecule has 3 aromatic rings. The number of fused-ring (bicyclic) bond motifs is 5. The minimum absolute atomic E-state index is 0.0556. The fraction of sp³-hybridized carbons (Fsp3) is 0.176. The number of benzene rings is 1. The normalized spacial score (nSPS) is 13.2. The van der Waals surface area contributed by atoms with E-state index in [-0.39, 0.29) is 17.6 Å². The number of pyridine rings is 2. The first-order valence-corrected chi connectivity index (χ1v) is 7.79. The van der Waals surface area contributed by atoms with Crippen molar-refractivity contribution in [3.63, 3.8) is 0 Å². The second-order valence-corrected chi connectivity index (χ2v) is 6.13. The minimum atomic E-state index is -0.649. The van der Waals surface area contributed by atoms with E-state index in [1.54, 1.807) is 25.1 Å². The fourth-order valence-corrected chi connectivity index (χ4v) is 3.31. The summed E-state index contributed by atoms with van der Waals surface area (Å²) < 4.78 is 5.97. The van der Waals surface area contributed by atoms with Gasteiger partial charge in [0.05, 0.1) is 27.9 Å². The van der Waals surface area contributed by atoms with Gasteiger partial charge in [-0.25, -0.2) is 9.59 Å². The fourth-order valence-electron chi connectivity index (χ4n) is 3.14. The molecule has 0 spiro atoms. The standard InChI is InChI=1S/C17H11ClN2O5/c1-7-13-14(15-11(19-7)6-24-17(15)23)10-5-9(18)3-4-12(10)20(16(13)22)25-8(2)21/h3-5H,6H2,1-2H3. The van der Waals surface area contributed by atoms with Crippen LogP contribution in [-0.2, 0) is 16.1 Å². The number of esters is 1. The molecule has 3 heterocycles. The summed E-state index contributed by atoms with van der Waals surface area (Å²) in [5.41, 5.74) is 0.887. The van der Waals surface area contributed by atoms with Crippen molar-refractivity contribution in [1.82, 2.24) is 9.71 Å². The van der Waals surface area contributed by atoms with Gasteiger partial charge in [-0.15, -0.1) is 4.73 Å². The Morgan fingerprint density at radius 3 is 2.80 bits per heavy atom. The van der Waals surface area contributed by atoms with E-state index in [4.69, 9.17) is 21.2 Å². The molecule has 8 heteroatoms. The van der Waals surface area contributed by atoms with Gasteiger partial charge in [0.1, 0.15) is 6.61 Å². The molecule has 0 N–H and O–H groups in total. The first-order valence-electron chi connectivity index (χ1n) is 7.42. The average Bonchev–Trinajstić information content (AvgIpc) is 2.91. The van der Waals surface area contributed by atoms with Crippen molar-refractivity contribution in [3.05, 3.63) is 50.5 Å². The van der Waals surface area contributed by atoms with E-state index in [0.29, 0.717) is 32.7 Å². The molecule has 4 rings (SSSR count). The molecule has 0 amide bonds. The van der Waals surface area contributed by atoms with Crippen LogP contribution in [0.25, 0.3) is 21.7 Å². The number of aryl methyl sites for hydroxylation is 1. The van der Waals surface area contributed by atoms with Crippen LogP contribution < -0.4 is 10.4 Å². The lowest BCUT2D eigenvalue weighted by Crippen LogP contribution is -2.31. The number of halogens is 1. The molecule has 1 aliphatic heterocycles. The summed E-state index contributed by atoms with van der Waals surface area (Å²) in [5, 5.41) is 1.52. The van der Waals surface area contributed by atoms with Gasteiger partial charge in [-0.2, -0.15) is 0 Å². The van der Waals surface area contributed by atoms with E-state index in [0.717, 1.165) is 4.73 Å². The van der Waals surface area contributed by atoms with Gasteiger partial charge in [0.2, 0.25) is 0 Å². The van der Waals surface area contributed by atoms with Crippen molar-refractivity contribution in [1.29, 1.82) is 0 Å². The van der Waals surface area contributed by atoms with Crippen LogP contribution in [0.15, 0.2) is 23.0 Å². The predicted molar refractivity (Wildman–Crippen MR) is 89.6 cm³/mol. The molecular formula is C17H11ClN2O5. The van der Waals surface area contributed by atoms with Gasteiger partial charge in [0.15, 0.2) is 0 Å². The number of carbonyl (C=O) groups is 2. The van der Waals surface area contributed by atoms with Crippen molar-refractivity contribution in [2.45, 2.75) is 20.5 Å². The Morgan fingerprint density at radius 2 is 2.08 bits per heavy atom. The SMILES string of the molecule is CC(=O)On1c(=O)c2c(C)nc3c(c2c2cc(Cl)ccc21)C(=O)OC3. The molecule has 25 heavy (non-hydrogen) atoms. The number of ether oxygens (including phenoxy) is 1. The zero-order valence-electron chi connectivity index (χ0n) is 13.3. The zero-order chi connectivity index (χ0) is 17.9. The lowest BCUT2D eigenvalue weighted by Gasteiger charge is -2.14. The maximum Gasteiger partial charge on any atom is 0.341 e. The highest BCUT2D eigenvalue weighted by molar-refractivity contribution is 6.32. The molecule has 7 nitrogen and oxygen atoms in total. The van der Waals surface area contributed by atoms with Gasteiger partial charge in [-0.05, 0) is 25.1 Å². The molecule has 0 atom stereocenters. The maximum atomic E-state index is 13.0. The van der Waals surface area contributed by atoms with Crippen molar-refractivity contribution < 1.29 is 19.2 Å². The molecule has 0 aliphatic carbocycles. The summed E-state index contributed by atoms with van der Waals surface area (Å²) in [6.45, 7) is 2.91. The molecule has 0 bridgehead atoms. The summed E-state index contributed by atoms with van der Waals surface area (Å²) in [6.07, 6.45) is 0. The summed E-state index contributed by atoms with van der Waals surface area (Å²) >= 11 is 6.12. The smallest absolute Gasteiger partial charge is 0.341 e. The van der Waals surface area contributed by atoms with Crippen LogP contribution in [0.3, 0.4) is 0 Å². The van der Waals surface area contributed by atoms with Crippen molar-refractivity contribution >= 4 is 45.2 Å². The van der Waals surface area contributed by atoms with Gasteiger partial charge < -0.3 is 9.57 Å². The summed E-state index contributed by atoms with van der Waals surface area (Å²) in [4.78, 5) is 46.0. The van der Waals surface area contributed by atoms with Gasteiger partial charge >= 0.3 is 11.9 Å². The quantitative estimate of drug-likeness (QED) is 0.489. The molecule has 0 unspecified atom stereocenters. The first kappa shape index (κ1) is 15.6. The van der Waals surface area contributed by atoms with Crippen LogP contribution in [-0.4, -0.2) is 21.7 Å². The van der Waals surface area contributed by atoms with Crippen LogP contribution in [0.2, 0.25) is 5.02 Å². The number of nitrogens with zero attached hydrogens (tertiary/aromatic N) is 2. The molecule has 0 fully saturated rings. The molecular weight excluding hydrogens is 348 g/mol. The zero-order valence-corrected chi connectivity index (χ0v) is 14.0. The molecule has 0 saturated carbocycles. The predicted octanol–water partition coefficient (Wildman–Crippen LogP) is 2.16. The third-order valence-corrected chi connectivity index (χ3v) is 4.30. The third kappa shape index (κ3) is 2.20. The highest BCUT2D eigenvalue weighted by Gasteiger charge is 2.30. The third-order valence-electron chi connectivity index (χ3n) is 4.06. The molecule has 1 aromatic carbocycles. The van der Waals surface area contributed by atoms with Gasteiger partial charge in [-0.1, -0.05) is 11.6 Å². The van der Waals surface area contributed by atoms with E-state index in [1.165, 1.54) is 6.92 Å². The monoisotopic (exact) mass is 358 g/mol. The Hall–Kier alpha value is -2.93. The molecule has 0 radical (unpaired) electrons. The van der Waals surface area contributed by atoms with E-state index >= 15 is 0 Å². The lowest BCUT2D eigenvalue weighted by atomic mass is 10.00. The maximum absolute atomic E-state index is 13.0. The molecule has 126 valence electrons. The van der Waals surface area contributed by atoms with Gasteiger partial charge in [0.25, 0.3) is 5.56 Å². The Morgan fingerprint density at radius 1 is 1.32 bits per heavy atom. The number of hydrogen-bond acceptors (Lipinski definition) is 6. The number of rotatable bonds is 1. The van der Waals surface area contributed by atoms with Gasteiger partial charge in [-0.3, -0.25) is 9.78 Å². The van der Waals surface area contributed by atoms with Crippen LogP contribution in [0.5, 0.6) is 0 Å². The van der Waals surface area contributed by atoms with Crippen LogP contribution in [0.4, 0.5) is 0 Å². The van der Waals surface area contributed by atoms with Crippen LogP contribution in [0.1, 0.15) is 28.7 Å². The first-order chi connectivity index (χ1) is 11.9. The minimum Gasteiger partial charge on any atom is -0.455 e. The number of carbonyl (C=O) groups excluding carboxylic acids is 2.